The summed E-state index contributed by atoms with van der Waals surface area (Å²) in [7, 11) is 0. The molecule has 0 radical (unpaired) electrons. The lowest BCUT2D eigenvalue weighted by molar-refractivity contribution is -0.119. The third-order valence-electron chi connectivity index (χ3n) is 4.09. The molecule has 0 unspecified atom stereocenters. The maximum atomic E-state index is 13.2. The van der Waals surface area contributed by atoms with Crippen LogP contribution in [0.1, 0.15) is 10.4 Å². The number of halogens is 1. The van der Waals surface area contributed by atoms with E-state index in [1.807, 2.05) is 0 Å². The third-order valence-corrected chi connectivity index (χ3v) is 5.10. The molecule has 0 saturated heterocycles. The van der Waals surface area contributed by atoms with Crippen molar-refractivity contribution in [3.8, 4) is 5.69 Å². The van der Waals surface area contributed by atoms with Crippen molar-refractivity contribution in [2.75, 3.05) is 5.75 Å². The van der Waals surface area contributed by atoms with Crippen LogP contribution in [0, 0.1) is 5.82 Å². The number of carbonyl (C=O) groups is 2. The highest BCUT2D eigenvalue weighted by Gasteiger charge is 2.13. The van der Waals surface area contributed by atoms with Gasteiger partial charge < -0.3 is 0 Å². The first-order valence-corrected chi connectivity index (χ1v) is 9.82. The fourth-order valence-electron chi connectivity index (χ4n) is 2.67. The third kappa shape index (κ3) is 4.28. The Morgan fingerprint density at radius 3 is 2.53 bits per heavy atom. The van der Waals surface area contributed by atoms with Crippen LogP contribution in [0.3, 0.4) is 0 Å². The molecule has 0 saturated carbocycles. The van der Waals surface area contributed by atoms with Crippen LogP contribution in [0.4, 0.5) is 4.39 Å². The van der Waals surface area contributed by atoms with Crippen LogP contribution >= 0.6 is 11.8 Å². The number of benzene rings is 2. The molecule has 4 aromatic rings. The van der Waals surface area contributed by atoms with E-state index in [2.05, 4.69) is 25.9 Å². The molecule has 10 heteroatoms. The number of fused-ring (bicyclic) bond motifs is 1. The van der Waals surface area contributed by atoms with Gasteiger partial charge in [0, 0.05) is 5.56 Å². The standard InChI is InChI=1S/C20H15FN6O2S/c21-14-6-8-15(9-7-14)27-18-16(10-24-27)20(23-12-22-18)30-11-17(28)25-26-19(29)13-4-2-1-3-5-13/h1-10,12H,11H2,(H,25,28)(H,26,29). The van der Waals surface area contributed by atoms with Crippen LogP contribution in [0.2, 0.25) is 0 Å². The number of amides is 2. The lowest BCUT2D eigenvalue weighted by atomic mass is 10.2. The van der Waals surface area contributed by atoms with Gasteiger partial charge in [-0.1, -0.05) is 30.0 Å². The van der Waals surface area contributed by atoms with Crippen LogP contribution in [0.5, 0.6) is 0 Å². The zero-order valence-corrected chi connectivity index (χ0v) is 16.3. The summed E-state index contributed by atoms with van der Waals surface area (Å²) in [6.45, 7) is 0. The van der Waals surface area contributed by atoms with E-state index in [0.717, 1.165) is 0 Å². The summed E-state index contributed by atoms with van der Waals surface area (Å²) in [5.74, 6) is -1.10. The van der Waals surface area contributed by atoms with Crippen molar-refractivity contribution in [1.29, 1.82) is 0 Å². The van der Waals surface area contributed by atoms with Crippen molar-refractivity contribution in [3.05, 3.63) is 78.5 Å². The van der Waals surface area contributed by atoms with E-state index in [9.17, 15) is 14.0 Å². The fourth-order valence-corrected chi connectivity index (χ4v) is 3.43. The molecule has 2 N–H and O–H groups in total. The summed E-state index contributed by atoms with van der Waals surface area (Å²) in [5.41, 5.74) is 6.38. The van der Waals surface area contributed by atoms with Crippen LogP contribution in [0.25, 0.3) is 16.7 Å². The molecule has 0 fully saturated rings. The Labute approximate surface area is 174 Å². The van der Waals surface area contributed by atoms with Crippen molar-refractivity contribution in [2.24, 2.45) is 0 Å². The van der Waals surface area contributed by atoms with E-state index in [-0.39, 0.29) is 17.5 Å². The summed E-state index contributed by atoms with van der Waals surface area (Å²) in [6, 6.07) is 14.4. The summed E-state index contributed by atoms with van der Waals surface area (Å²) in [6.07, 6.45) is 2.97. The maximum Gasteiger partial charge on any atom is 0.269 e. The Bertz CT molecular complexity index is 1200. The smallest absolute Gasteiger partial charge is 0.269 e. The molecule has 2 aromatic heterocycles. The minimum Gasteiger partial charge on any atom is -0.272 e. The molecule has 0 spiro atoms. The predicted octanol–water partition coefficient (Wildman–Crippen LogP) is 2.51. The van der Waals surface area contributed by atoms with Gasteiger partial charge in [-0.2, -0.15) is 5.10 Å². The molecule has 0 aliphatic heterocycles. The lowest BCUT2D eigenvalue weighted by Crippen LogP contribution is -2.42. The highest BCUT2D eigenvalue weighted by molar-refractivity contribution is 8.00. The van der Waals surface area contributed by atoms with E-state index < -0.39 is 5.91 Å². The number of nitrogens with one attached hydrogen (secondary N) is 2. The van der Waals surface area contributed by atoms with Gasteiger partial charge in [0.15, 0.2) is 5.65 Å². The summed E-state index contributed by atoms with van der Waals surface area (Å²) in [5, 5.41) is 5.52. The number of aromatic nitrogens is 4. The summed E-state index contributed by atoms with van der Waals surface area (Å²) < 4.78 is 14.7. The molecule has 0 atom stereocenters. The number of hydrogen-bond acceptors (Lipinski definition) is 6. The average molecular weight is 422 g/mol. The number of nitrogens with zero attached hydrogens (tertiary/aromatic N) is 4. The van der Waals surface area contributed by atoms with Crippen molar-refractivity contribution in [1.82, 2.24) is 30.6 Å². The first-order valence-electron chi connectivity index (χ1n) is 8.83. The summed E-state index contributed by atoms with van der Waals surface area (Å²) >= 11 is 1.19. The van der Waals surface area contributed by atoms with E-state index in [1.165, 1.54) is 30.2 Å². The van der Waals surface area contributed by atoms with Crippen molar-refractivity contribution in [2.45, 2.75) is 5.03 Å². The Morgan fingerprint density at radius 1 is 1.00 bits per heavy atom. The molecule has 30 heavy (non-hydrogen) atoms. The van der Waals surface area contributed by atoms with E-state index >= 15 is 0 Å². The zero-order valence-electron chi connectivity index (χ0n) is 15.4. The van der Waals surface area contributed by atoms with Crippen LogP contribution in [0.15, 0.2) is 72.1 Å². The molecule has 2 aromatic carbocycles. The molecule has 8 nitrogen and oxygen atoms in total. The number of hydrazine groups is 1. The van der Waals surface area contributed by atoms with Gasteiger partial charge in [0.1, 0.15) is 17.2 Å². The SMILES string of the molecule is O=C(CSc1ncnc2c1cnn2-c1ccc(F)cc1)NNC(=O)c1ccccc1. The number of hydrogen-bond donors (Lipinski definition) is 2. The second kappa shape index (κ2) is 8.70. The van der Waals surface area contributed by atoms with Crippen LogP contribution in [-0.4, -0.2) is 37.3 Å². The van der Waals surface area contributed by atoms with Gasteiger partial charge in [-0.15, -0.1) is 0 Å². The molecule has 150 valence electrons. The number of rotatable bonds is 5. The van der Waals surface area contributed by atoms with Crippen LogP contribution < -0.4 is 10.9 Å². The number of thioether (sulfide) groups is 1. The van der Waals surface area contributed by atoms with Gasteiger partial charge in [-0.05, 0) is 36.4 Å². The fraction of sp³-hybridized carbons (Fsp3) is 0.0500. The molecule has 0 aliphatic rings. The quantitative estimate of drug-likeness (QED) is 0.291. The normalized spacial score (nSPS) is 10.7. The zero-order chi connectivity index (χ0) is 20.9. The molecule has 4 rings (SSSR count). The van der Waals surface area contributed by atoms with Gasteiger partial charge in [0.25, 0.3) is 5.91 Å². The van der Waals surface area contributed by atoms with Crippen molar-refractivity contribution >= 4 is 34.6 Å². The molecular formula is C20H15FN6O2S. The van der Waals surface area contributed by atoms with E-state index in [4.69, 9.17) is 0 Å². The summed E-state index contributed by atoms with van der Waals surface area (Å²) in [4.78, 5) is 32.5. The maximum absolute atomic E-state index is 13.2. The average Bonchev–Trinajstić information content (AvgIpc) is 3.22. The molecule has 2 heterocycles. The highest BCUT2D eigenvalue weighted by Crippen LogP contribution is 2.25. The number of carbonyl (C=O) groups excluding carboxylic acids is 2. The molecule has 0 aliphatic carbocycles. The second-order valence-corrected chi connectivity index (χ2v) is 7.07. The Kier molecular flexibility index (Phi) is 5.66. The lowest BCUT2D eigenvalue weighted by Gasteiger charge is -2.07. The van der Waals surface area contributed by atoms with Crippen LogP contribution in [-0.2, 0) is 4.79 Å². The second-order valence-electron chi connectivity index (χ2n) is 6.11. The Hall–Kier alpha value is -3.79. The molecular weight excluding hydrogens is 407 g/mol. The monoisotopic (exact) mass is 422 g/mol. The highest BCUT2D eigenvalue weighted by atomic mass is 32.2. The van der Waals surface area contributed by atoms with Gasteiger partial charge in [0.2, 0.25) is 5.91 Å². The minimum atomic E-state index is -0.404. The largest absolute Gasteiger partial charge is 0.272 e. The van der Waals surface area contributed by atoms with Gasteiger partial charge in [-0.25, -0.2) is 19.0 Å². The first kappa shape index (κ1) is 19.5. The van der Waals surface area contributed by atoms with Crippen molar-refractivity contribution < 1.29 is 14.0 Å². The van der Waals surface area contributed by atoms with Gasteiger partial charge >= 0.3 is 0 Å². The molecule has 2 amide bonds. The Morgan fingerprint density at radius 2 is 1.77 bits per heavy atom. The topological polar surface area (TPSA) is 102 Å². The first-order chi connectivity index (χ1) is 14.6. The van der Waals surface area contributed by atoms with Gasteiger partial charge in [0.05, 0.1) is 23.0 Å². The van der Waals surface area contributed by atoms with E-state index in [0.29, 0.717) is 27.3 Å². The molecule has 0 bridgehead atoms. The van der Waals surface area contributed by atoms with Gasteiger partial charge in [-0.3, -0.25) is 20.4 Å². The van der Waals surface area contributed by atoms with E-state index in [1.54, 1.807) is 53.3 Å². The van der Waals surface area contributed by atoms with Crippen molar-refractivity contribution in [3.63, 3.8) is 0 Å². The minimum absolute atomic E-state index is 0.0307. The Balaban J connectivity index is 1.41. The predicted molar refractivity (Wildman–Crippen MR) is 109 cm³/mol.